The molecule has 1 spiro atoms. The van der Waals surface area contributed by atoms with Gasteiger partial charge in [-0.1, -0.05) is 61.4 Å². The third kappa shape index (κ3) is 3.74. The molecule has 1 N–H and O–H groups in total. The van der Waals surface area contributed by atoms with Crippen LogP contribution in [0.2, 0.25) is 0 Å². The van der Waals surface area contributed by atoms with Gasteiger partial charge in [-0.15, -0.1) is 10.2 Å². The molecule has 2 fully saturated rings. The number of carbonyl (C=O) groups is 3. The van der Waals surface area contributed by atoms with E-state index < -0.39 is 11.4 Å². The van der Waals surface area contributed by atoms with Gasteiger partial charge in [0.15, 0.2) is 11.0 Å². The van der Waals surface area contributed by atoms with E-state index in [1.807, 2.05) is 41.8 Å². The molecule has 1 aromatic carbocycles. The van der Waals surface area contributed by atoms with E-state index in [0.717, 1.165) is 30.7 Å². The highest BCUT2D eigenvalue weighted by Crippen LogP contribution is 2.36. The van der Waals surface area contributed by atoms with E-state index in [9.17, 15) is 14.4 Å². The summed E-state index contributed by atoms with van der Waals surface area (Å²) in [4.78, 5) is 39.3. The first-order chi connectivity index (χ1) is 14.5. The Labute approximate surface area is 179 Å². The van der Waals surface area contributed by atoms with Crippen molar-refractivity contribution < 1.29 is 14.4 Å². The average molecular weight is 428 g/mol. The minimum atomic E-state index is -0.891. The zero-order valence-corrected chi connectivity index (χ0v) is 17.8. The van der Waals surface area contributed by atoms with Gasteiger partial charge in [-0.2, -0.15) is 0 Å². The monoisotopic (exact) mass is 427 g/mol. The predicted molar refractivity (Wildman–Crippen MR) is 113 cm³/mol. The highest BCUT2D eigenvalue weighted by atomic mass is 32.2. The van der Waals surface area contributed by atoms with E-state index in [-0.39, 0.29) is 24.1 Å². The summed E-state index contributed by atoms with van der Waals surface area (Å²) in [6.07, 6.45) is 4.01. The number of hydrogen-bond acceptors (Lipinski definition) is 6. The largest absolute Gasteiger partial charge is 0.318 e. The fourth-order valence-electron chi connectivity index (χ4n) is 4.35. The number of amides is 3. The Bertz CT molecular complexity index is 953. The minimum Gasteiger partial charge on any atom is -0.318 e. The highest BCUT2D eigenvalue weighted by Gasteiger charge is 2.50. The first kappa shape index (κ1) is 20.6. The number of aromatic nitrogens is 3. The van der Waals surface area contributed by atoms with E-state index in [1.165, 1.54) is 16.7 Å². The van der Waals surface area contributed by atoms with Crippen LogP contribution in [0.25, 0.3) is 11.4 Å². The number of nitrogens with one attached hydrogen (secondary N) is 1. The maximum absolute atomic E-state index is 13.1. The molecule has 1 aliphatic heterocycles. The van der Waals surface area contributed by atoms with E-state index in [1.54, 1.807) is 0 Å². The van der Waals surface area contributed by atoms with Gasteiger partial charge in [0, 0.05) is 12.1 Å². The van der Waals surface area contributed by atoms with Crippen molar-refractivity contribution in [3.05, 3.63) is 30.3 Å². The summed E-state index contributed by atoms with van der Waals surface area (Å²) in [5.41, 5.74) is 0.0710. The molecule has 0 atom stereocenters. The summed E-state index contributed by atoms with van der Waals surface area (Å²) in [7, 11) is 0. The maximum atomic E-state index is 13.1. The molecule has 1 aromatic heterocycles. The molecule has 9 heteroatoms. The smallest absolute Gasteiger partial charge is 0.252 e. The lowest BCUT2D eigenvalue weighted by molar-refractivity contribution is -0.158. The number of piperazine rings is 1. The van der Waals surface area contributed by atoms with Crippen molar-refractivity contribution >= 4 is 29.5 Å². The predicted octanol–water partition coefficient (Wildman–Crippen LogP) is 2.24. The van der Waals surface area contributed by atoms with E-state index in [4.69, 9.17) is 0 Å². The number of hydrogen-bond donors (Lipinski definition) is 1. The Morgan fingerprint density at radius 3 is 2.57 bits per heavy atom. The Morgan fingerprint density at radius 1 is 1.13 bits per heavy atom. The summed E-state index contributed by atoms with van der Waals surface area (Å²) < 4.78 is 1.97. The molecule has 1 saturated carbocycles. The third-order valence-corrected chi connectivity index (χ3v) is 6.82. The molecular formula is C21H25N5O3S. The molecule has 2 aromatic rings. The SMILES string of the molecule is CCn1c(SCC(=O)N2CC(=O)NC(=O)C23CCCCC3)nnc1-c1ccccc1. The zero-order chi connectivity index (χ0) is 21.1. The number of thioether (sulfide) groups is 1. The van der Waals surface area contributed by atoms with Crippen LogP contribution in [-0.4, -0.2) is 55.2 Å². The highest BCUT2D eigenvalue weighted by molar-refractivity contribution is 7.99. The van der Waals surface area contributed by atoms with E-state index in [2.05, 4.69) is 15.5 Å². The molecule has 0 unspecified atom stereocenters. The van der Waals surface area contributed by atoms with Crippen LogP contribution in [0, 0.1) is 0 Å². The molecule has 0 bridgehead atoms. The Hall–Kier alpha value is -2.68. The molecule has 158 valence electrons. The third-order valence-electron chi connectivity index (χ3n) is 5.87. The average Bonchev–Trinajstić information content (AvgIpc) is 3.19. The van der Waals surface area contributed by atoms with Crippen molar-refractivity contribution in [3.63, 3.8) is 0 Å². The fraction of sp³-hybridized carbons (Fsp3) is 0.476. The quantitative estimate of drug-likeness (QED) is 0.581. The maximum Gasteiger partial charge on any atom is 0.252 e. The van der Waals surface area contributed by atoms with Crippen molar-refractivity contribution in [1.29, 1.82) is 0 Å². The second-order valence-electron chi connectivity index (χ2n) is 7.65. The molecule has 1 saturated heterocycles. The summed E-state index contributed by atoms with van der Waals surface area (Å²) in [6.45, 7) is 2.61. The van der Waals surface area contributed by atoms with Crippen LogP contribution in [0.15, 0.2) is 35.5 Å². The Morgan fingerprint density at radius 2 is 1.87 bits per heavy atom. The van der Waals surface area contributed by atoms with Gasteiger partial charge in [0.1, 0.15) is 12.1 Å². The van der Waals surface area contributed by atoms with E-state index in [0.29, 0.717) is 24.5 Å². The van der Waals surface area contributed by atoms with Crippen LogP contribution in [0.5, 0.6) is 0 Å². The van der Waals surface area contributed by atoms with Crippen LogP contribution >= 0.6 is 11.8 Å². The Kier molecular flexibility index (Phi) is 5.90. The summed E-state index contributed by atoms with van der Waals surface area (Å²) in [5, 5.41) is 11.7. The van der Waals surface area contributed by atoms with Gasteiger partial charge in [0.05, 0.1) is 5.75 Å². The number of benzene rings is 1. The van der Waals surface area contributed by atoms with Crippen LogP contribution in [0.3, 0.4) is 0 Å². The molecule has 3 amide bonds. The van der Waals surface area contributed by atoms with Gasteiger partial charge in [-0.25, -0.2) is 0 Å². The van der Waals surface area contributed by atoms with Gasteiger partial charge >= 0.3 is 0 Å². The summed E-state index contributed by atoms with van der Waals surface area (Å²) >= 11 is 1.29. The van der Waals surface area contributed by atoms with E-state index >= 15 is 0 Å². The van der Waals surface area contributed by atoms with Gasteiger partial charge in [0.2, 0.25) is 11.8 Å². The summed E-state index contributed by atoms with van der Waals surface area (Å²) in [5.74, 6) is -0.103. The molecule has 2 heterocycles. The minimum absolute atomic E-state index is 0.0686. The topological polar surface area (TPSA) is 97.2 Å². The Balaban J connectivity index is 1.52. The lowest BCUT2D eigenvalue weighted by Crippen LogP contribution is -2.69. The van der Waals surface area contributed by atoms with Crippen LogP contribution in [-0.2, 0) is 20.9 Å². The molecular weight excluding hydrogens is 402 g/mol. The lowest BCUT2D eigenvalue weighted by atomic mass is 9.78. The number of imide groups is 1. The van der Waals surface area contributed by atoms with Crippen molar-refractivity contribution in [3.8, 4) is 11.4 Å². The molecule has 8 nitrogen and oxygen atoms in total. The zero-order valence-electron chi connectivity index (χ0n) is 17.0. The first-order valence-electron chi connectivity index (χ1n) is 10.3. The van der Waals surface area contributed by atoms with Crippen LogP contribution in [0.1, 0.15) is 39.0 Å². The van der Waals surface area contributed by atoms with Crippen molar-refractivity contribution in [2.45, 2.75) is 56.3 Å². The van der Waals surface area contributed by atoms with Crippen LogP contribution in [0.4, 0.5) is 0 Å². The van der Waals surface area contributed by atoms with Crippen LogP contribution < -0.4 is 5.32 Å². The molecule has 2 aliphatic rings. The normalized spacial score (nSPS) is 18.5. The van der Waals surface area contributed by atoms with Crippen molar-refractivity contribution in [1.82, 2.24) is 25.0 Å². The fourth-order valence-corrected chi connectivity index (χ4v) is 5.22. The second-order valence-corrected chi connectivity index (χ2v) is 8.60. The van der Waals surface area contributed by atoms with Crippen molar-refractivity contribution in [2.75, 3.05) is 12.3 Å². The molecule has 30 heavy (non-hydrogen) atoms. The van der Waals surface area contributed by atoms with Gasteiger partial charge < -0.3 is 9.47 Å². The molecule has 4 rings (SSSR count). The van der Waals surface area contributed by atoms with Gasteiger partial charge in [-0.05, 0) is 19.8 Å². The number of rotatable bonds is 5. The standard InChI is InChI=1S/C21H25N5O3S/c1-2-25-18(15-9-5-3-6-10-15)23-24-20(25)30-14-17(28)26-13-16(27)22-19(29)21(26)11-7-4-8-12-21/h3,5-6,9-10H,2,4,7-8,11-14H2,1H3,(H,22,27,29). The second kappa shape index (κ2) is 8.59. The summed E-state index contributed by atoms with van der Waals surface area (Å²) in [6, 6.07) is 9.79. The lowest BCUT2D eigenvalue weighted by Gasteiger charge is -2.47. The first-order valence-corrected chi connectivity index (χ1v) is 11.3. The number of carbonyl (C=O) groups excluding carboxylic acids is 3. The van der Waals surface area contributed by atoms with Gasteiger partial charge in [-0.3, -0.25) is 19.7 Å². The number of nitrogens with zero attached hydrogens (tertiary/aromatic N) is 4. The molecule has 0 radical (unpaired) electrons. The molecule has 1 aliphatic carbocycles. The van der Waals surface area contributed by atoms with Gasteiger partial charge in [0.25, 0.3) is 5.91 Å². The van der Waals surface area contributed by atoms with Crippen molar-refractivity contribution in [2.24, 2.45) is 0 Å².